The largest absolute Gasteiger partial charge is 0.0839 e. The van der Waals surface area contributed by atoms with Crippen molar-refractivity contribution in [3.05, 3.63) is 23.8 Å². The van der Waals surface area contributed by atoms with Crippen LogP contribution in [0.2, 0.25) is 0 Å². The van der Waals surface area contributed by atoms with E-state index in [4.69, 9.17) is 0 Å². The minimum absolute atomic E-state index is 0.818. The molecule has 0 nitrogen and oxygen atoms in total. The van der Waals surface area contributed by atoms with Crippen molar-refractivity contribution in [2.75, 3.05) is 0 Å². The number of hydrogen-bond acceptors (Lipinski definition) is 0. The number of hydrogen-bond donors (Lipinski definition) is 0. The summed E-state index contributed by atoms with van der Waals surface area (Å²) in [6, 6.07) is 0. The van der Waals surface area contributed by atoms with Crippen LogP contribution in [0, 0.1) is 5.92 Å². The molecule has 14 heavy (non-hydrogen) atoms. The Morgan fingerprint density at radius 1 is 1.57 bits per heavy atom. The first-order valence-electron chi connectivity index (χ1n) is 5.71. The lowest BCUT2D eigenvalue weighted by Crippen LogP contribution is -2.10. The van der Waals surface area contributed by atoms with Crippen LogP contribution in [-0.4, -0.2) is 3.92 Å². The van der Waals surface area contributed by atoms with Gasteiger partial charge in [-0.1, -0.05) is 66.2 Å². The van der Waals surface area contributed by atoms with Crippen molar-refractivity contribution in [1.29, 1.82) is 0 Å². The molecule has 0 saturated heterocycles. The van der Waals surface area contributed by atoms with Gasteiger partial charge >= 0.3 is 0 Å². The minimum atomic E-state index is 0.818. The van der Waals surface area contributed by atoms with Crippen LogP contribution >= 0.6 is 22.6 Å². The molecule has 0 heterocycles. The highest BCUT2D eigenvalue weighted by atomic mass is 127. The molecule has 80 valence electrons. The molecule has 0 aromatic heterocycles. The zero-order valence-electron chi connectivity index (χ0n) is 9.30. The van der Waals surface area contributed by atoms with Crippen LogP contribution in [0.1, 0.15) is 46.0 Å². The summed E-state index contributed by atoms with van der Waals surface area (Å²) in [6.07, 6.45) is 13.5. The molecule has 0 N–H and O–H groups in total. The van der Waals surface area contributed by atoms with E-state index in [1.807, 2.05) is 0 Å². The third-order valence-electron chi connectivity index (χ3n) is 2.97. The van der Waals surface area contributed by atoms with E-state index in [0.29, 0.717) is 0 Å². The molecule has 0 amide bonds. The third-order valence-corrected chi connectivity index (χ3v) is 4.10. The lowest BCUT2D eigenvalue weighted by Gasteiger charge is -2.21. The number of rotatable bonds is 5. The van der Waals surface area contributed by atoms with Gasteiger partial charge in [0, 0.05) is 3.92 Å². The summed E-state index contributed by atoms with van der Waals surface area (Å²) in [6.45, 7) is 4.55. The lowest BCUT2D eigenvalue weighted by molar-refractivity contribution is 0.531. The first kappa shape index (κ1) is 12.3. The summed E-state index contributed by atoms with van der Waals surface area (Å²) < 4.78 is 0.868. The zero-order chi connectivity index (χ0) is 10.4. The summed E-state index contributed by atoms with van der Waals surface area (Å²) in [5.74, 6) is 0.818. The fourth-order valence-electron chi connectivity index (χ4n) is 1.92. The SMILES string of the molecule is CCCCC(I)CC1CC=CC=C1C. The van der Waals surface area contributed by atoms with Crippen molar-refractivity contribution in [2.24, 2.45) is 5.92 Å². The van der Waals surface area contributed by atoms with E-state index in [1.165, 1.54) is 32.1 Å². The predicted molar refractivity (Wildman–Crippen MR) is 73.0 cm³/mol. The first-order valence-corrected chi connectivity index (χ1v) is 6.96. The van der Waals surface area contributed by atoms with E-state index >= 15 is 0 Å². The Labute approximate surface area is 102 Å². The van der Waals surface area contributed by atoms with Gasteiger partial charge in [-0.05, 0) is 32.1 Å². The molecule has 0 radical (unpaired) electrons. The van der Waals surface area contributed by atoms with Gasteiger partial charge in [0.05, 0.1) is 0 Å². The maximum atomic E-state index is 2.63. The maximum absolute atomic E-state index is 2.63. The molecule has 1 rings (SSSR count). The Kier molecular flexibility index (Phi) is 5.83. The monoisotopic (exact) mass is 304 g/mol. The van der Waals surface area contributed by atoms with Gasteiger partial charge in [0.15, 0.2) is 0 Å². The van der Waals surface area contributed by atoms with Crippen LogP contribution in [0.5, 0.6) is 0 Å². The Balaban J connectivity index is 2.29. The quantitative estimate of drug-likeness (QED) is 0.501. The van der Waals surface area contributed by atoms with Crippen LogP contribution in [0.15, 0.2) is 23.8 Å². The average Bonchev–Trinajstić information content (AvgIpc) is 2.18. The molecule has 2 unspecified atom stereocenters. The Morgan fingerprint density at radius 3 is 3.00 bits per heavy atom. The van der Waals surface area contributed by atoms with E-state index in [0.717, 1.165) is 9.84 Å². The Hall–Kier alpha value is 0.210. The third kappa shape index (κ3) is 4.16. The topological polar surface area (TPSA) is 0 Å². The smallest absolute Gasteiger partial charge is 0.0115 e. The highest BCUT2D eigenvalue weighted by molar-refractivity contribution is 14.1. The van der Waals surface area contributed by atoms with Crippen molar-refractivity contribution in [3.63, 3.8) is 0 Å². The van der Waals surface area contributed by atoms with E-state index in [2.05, 4.69) is 54.7 Å². The fraction of sp³-hybridized carbons (Fsp3) is 0.692. The second-order valence-corrected chi connectivity index (χ2v) is 6.01. The molecule has 0 aliphatic heterocycles. The van der Waals surface area contributed by atoms with E-state index in [9.17, 15) is 0 Å². The van der Waals surface area contributed by atoms with Crippen molar-refractivity contribution in [1.82, 2.24) is 0 Å². The molecule has 0 aromatic carbocycles. The predicted octanol–water partition coefficient (Wildman–Crippen LogP) is 4.89. The minimum Gasteiger partial charge on any atom is -0.0839 e. The highest BCUT2D eigenvalue weighted by Gasteiger charge is 2.15. The Bertz CT molecular complexity index is 215. The molecule has 2 atom stereocenters. The van der Waals surface area contributed by atoms with Crippen LogP contribution in [0.25, 0.3) is 0 Å². The molecule has 0 saturated carbocycles. The fourth-order valence-corrected chi connectivity index (χ4v) is 2.97. The van der Waals surface area contributed by atoms with Gasteiger partial charge in [0.1, 0.15) is 0 Å². The van der Waals surface area contributed by atoms with Gasteiger partial charge in [-0.15, -0.1) is 0 Å². The van der Waals surface area contributed by atoms with Gasteiger partial charge < -0.3 is 0 Å². The maximum Gasteiger partial charge on any atom is 0.0115 e. The van der Waals surface area contributed by atoms with Crippen LogP contribution in [-0.2, 0) is 0 Å². The second-order valence-electron chi connectivity index (χ2n) is 4.25. The zero-order valence-corrected chi connectivity index (χ0v) is 11.5. The van der Waals surface area contributed by atoms with Gasteiger partial charge in [-0.25, -0.2) is 0 Å². The number of unbranched alkanes of at least 4 members (excludes halogenated alkanes) is 1. The normalized spacial score (nSPS) is 23.4. The Morgan fingerprint density at radius 2 is 2.36 bits per heavy atom. The number of allylic oxidation sites excluding steroid dienone is 4. The van der Waals surface area contributed by atoms with Crippen molar-refractivity contribution in [3.8, 4) is 0 Å². The highest BCUT2D eigenvalue weighted by Crippen LogP contribution is 2.29. The second kappa shape index (κ2) is 6.65. The van der Waals surface area contributed by atoms with E-state index < -0.39 is 0 Å². The lowest BCUT2D eigenvalue weighted by atomic mass is 9.88. The van der Waals surface area contributed by atoms with Crippen LogP contribution in [0.4, 0.5) is 0 Å². The van der Waals surface area contributed by atoms with Gasteiger partial charge in [0.2, 0.25) is 0 Å². The molecule has 0 spiro atoms. The molecular weight excluding hydrogens is 283 g/mol. The summed E-state index contributed by atoms with van der Waals surface area (Å²) in [4.78, 5) is 0. The van der Waals surface area contributed by atoms with Gasteiger partial charge in [-0.2, -0.15) is 0 Å². The van der Waals surface area contributed by atoms with Crippen molar-refractivity contribution in [2.45, 2.75) is 49.9 Å². The first-order chi connectivity index (χ1) is 6.74. The molecule has 1 aliphatic rings. The molecule has 0 aromatic rings. The molecule has 1 heteroatoms. The average molecular weight is 304 g/mol. The van der Waals surface area contributed by atoms with E-state index in [-0.39, 0.29) is 0 Å². The summed E-state index contributed by atoms with van der Waals surface area (Å²) in [7, 11) is 0. The van der Waals surface area contributed by atoms with Crippen LogP contribution in [0.3, 0.4) is 0 Å². The van der Waals surface area contributed by atoms with Crippen molar-refractivity contribution >= 4 is 22.6 Å². The standard InChI is InChI=1S/C13H21I/c1-3-4-9-13(14)10-12-8-6-5-7-11(12)2/h5-7,12-13H,3-4,8-10H2,1-2H3. The van der Waals surface area contributed by atoms with Gasteiger partial charge in [0.25, 0.3) is 0 Å². The molecule has 1 aliphatic carbocycles. The van der Waals surface area contributed by atoms with E-state index in [1.54, 1.807) is 5.57 Å². The molecular formula is C13H21I. The van der Waals surface area contributed by atoms with Crippen LogP contribution < -0.4 is 0 Å². The summed E-state index contributed by atoms with van der Waals surface area (Å²) in [5.41, 5.74) is 1.57. The molecule has 0 bridgehead atoms. The molecule has 0 fully saturated rings. The van der Waals surface area contributed by atoms with Gasteiger partial charge in [-0.3, -0.25) is 0 Å². The number of alkyl halides is 1. The summed E-state index contributed by atoms with van der Waals surface area (Å²) in [5, 5.41) is 0. The van der Waals surface area contributed by atoms with Crippen molar-refractivity contribution < 1.29 is 0 Å². The number of halogens is 1. The summed E-state index contributed by atoms with van der Waals surface area (Å²) >= 11 is 2.63.